The van der Waals surface area contributed by atoms with Crippen LogP contribution in [0.4, 0.5) is 5.69 Å². The van der Waals surface area contributed by atoms with Crippen LogP contribution in [0.3, 0.4) is 0 Å². The molecule has 2 aromatic carbocycles. The third-order valence-electron chi connectivity index (χ3n) is 4.08. The monoisotopic (exact) mass is 455 g/mol. The number of nitrogens with one attached hydrogen (secondary N) is 1. The summed E-state index contributed by atoms with van der Waals surface area (Å²) >= 11 is 19.4. The van der Waals surface area contributed by atoms with Crippen LogP contribution in [0.25, 0.3) is 5.69 Å². The molecule has 0 bridgehead atoms. The largest absolute Gasteiger partial charge is 0.323 e. The number of tetrazole rings is 1. The van der Waals surface area contributed by atoms with Gasteiger partial charge in [-0.25, -0.2) is 0 Å². The van der Waals surface area contributed by atoms with Gasteiger partial charge in [0.15, 0.2) is 0 Å². The highest BCUT2D eigenvalue weighted by molar-refractivity contribution is 8.00. The summed E-state index contributed by atoms with van der Waals surface area (Å²) in [6.07, 6.45) is 0. The number of anilines is 1. The smallest absolute Gasteiger partial charge is 0.237 e. The van der Waals surface area contributed by atoms with Crippen molar-refractivity contribution >= 4 is 58.2 Å². The molecule has 10 heteroatoms. The number of carbonyl (C=O) groups excluding carboxylic acids is 1. The topological polar surface area (TPSA) is 72.7 Å². The van der Waals surface area contributed by atoms with Crippen molar-refractivity contribution in [2.24, 2.45) is 0 Å². The second kappa shape index (κ2) is 8.69. The molecule has 1 N–H and O–H groups in total. The van der Waals surface area contributed by atoms with Crippen molar-refractivity contribution in [3.8, 4) is 5.69 Å². The van der Waals surface area contributed by atoms with Crippen LogP contribution in [-0.4, -0.2) is 31.4 Å². The standard InChI is InChI=1S/C18H16Cl3N5OS/c1-9-4-5-13(6-10(9)2)26-18(23-24-25-26)28-11(3)17(27)22-16-14(20)7-12(19)8-15(16)21/h4-8,11H,1-3H3,(H,22,27). The molecule has 0 aliphatic carbocycles. The summed E-state index contributed by atoms with van der Waals surface area (Å²) in [5.74, 6) is -0.286. The summed E-state index contributed by atoms with van der Waals surface area (Å²) in [7, 11) is 0. The Balaban J connectivity index is 1.77. The van der Waals surface area contributed by atoms with Crippen molar-refractivity contribution in [3.05, 3.63) is 56.5 Å². The second-order valence-corrected chi connectivity index (χ2v) is 8.69. The number of hydrogen-bond acceptors (Lipinski definition) is 5. The minimum Gasteiger partial charge on any atom is -0.323 e. The molecule has 0 aliphatic rings. The number of hydrogen-bond donors (Lipinski definition) is 1. The van der Waals surface area contributed by atoms with E-state index >= 15 is 0 Å². The number of nitrogens with zero attached hydrogens (tertiary/aromatic N) is 4. The molecule has 3 aromatic rings. The molecule has 1 heterocycles. The lowest BCUT2D eigenvalue weighted by molar-refractivity contribution is -0.115. The lowest BCUT2D eigenvalue weighted by atomic mass is 10.1. The van der Waals surface area contributed by atoms with E-state index in [0.29, 0.717) is 15.9 Å². The van der Waals surface area contributed by atoms with Gasteiger partial charge in [-0.15, -0.1) is 5.10 Å². The zero-order valence-corrected chi connectivity index (χ0v) is 18.3. The summed E-state index contributed by atoms with van der Waals surface area (Å²) in [5, 5.41) is 15.5. The molecule has 0 saturated heterocycles. The minimum absolute atomic E-state index is 0.267. The van der Waals surface area contributed by atoms with Crippen LogP contribution in [0.1, 0.15) is 18.1 Å². The van der Waals surface area contributed by atoms with E-state index in [1.54, 1.807) is 11.6 Å². The predicted octanol–water partition coefficient (Wildman–Crippen LogP) is 5.36. The van der Waals surface area contributed by atoms with Gasteiger partial charge in [0.25, 0.3) is 0 Å². The Hall–Kier alpha value is -1.80. The van der Waals surface area contributed by atoms with Gasteiger partial charge in [0.1, 0.15) is 0 Å². The number of halogens is 3. The molecule has 1 amide bonds. The maximum Gasteiger partial charge on any atom is 0.237 e. The first-order valence-electron chi connectivity index (χ1n) is 8.24. The Morgan fingerprint density at radius 3 is 2.43 bits per heavy atom. The van der Waals surface area contributed by atoms with Crippen molar-refractivity contribution in [1.29, 1.82) is 0 Å². The first-order valence-corrected chi connectivity index (χ1v) is 10.3. The first kappa shape index (κ1) is 20.9. The number of amides is 1. The zero-order chi connectivity index (χ0) is 20.4. The molecule has 0 radical (unpaired) electrons. The third-order valence-corrected chi connectivity index (χ3v) is 5.93. The molecule has 146 valence electrons. The fourth-order valence-electron chi connectivity index (χ4n) is 2.37. The number of carbonyl (C=O) groups is 1. The van der Waals surface area contributed by atoms with Gasteiger partial charge in [-0.2, -0.15) is 4.68 Å². The van der Waals surface area contributed by atoms with Crippen LogP contribution in [0, 0.1) is 13.8 Å². The van der Waals surface area contributed by atoms with Crippen molar-refractivity contribution in [2.75, 3.05) is 5.32 Å². The van der Waals surface area contributed by atoms with Gasteiger partial charge in [-0.3, -0.25) is 4.79 Å². The Morgan fingerprint density at radius 2 is 1.79 bits per heavy atom. The summed E-state index contributed by atoms with van der Waals surface area (Å²) in [6.45, 7) is 5.80. The number of aryl methyl sites for hydroxylation is 2. The van der Waals surface area contributed by atoms with E-state index in [1.807, 2.05) is 32.0 Å². The highest BCUT2D eigenvalue weighted by Crippen LogP contribution is 2.34. The average molecular weight is 457 g/mol. The third kappa shape index (κ3) is 4.60. The van der Waals surface area contributed by atoms with Crippen LogP contribution in [0.5, 0.6) is 0 Å². The van der Waals surface area contributed by atoms with Gasteiger partial charge < -0.3 is 5.32 Å². The molecule has 1 atom stereocenters. The van der Waals surface area contributed by atoms with Crippen LogP contribution >= 0.6 is 46.6 Å². The number of thioether (sulfide) groups is 1. The van der Waals surface area contributed by atoms with E-state index in [-0.39, 0.29) is 16.0 Å². The quantitative estimate of drug-likeness (QED) is 0.523. The van der Waals surface area contributed by atoms with Crippen molar-refractivity contribution in [3.63, 3.8) is 0 Å². The van der Waals surface area contributed by atoms with Gasteiger partial charge in [-0.1, -0.05) is 52.6 Å². The fourth-order valence-corrected chi connectivity index (χ4v) is 4.09. The number of aromatic nitrogens is 4. The Bertz CT molecular complexity index is 1020. The molecule has 0 aliphatic heterocycles. The summed E-state index contributed by atoms with van der Waals surface area (Å²) in [5.41, 5.74) is 3.45. The minimum atomic E-state index is -0.501. The molecule has 6 nitrogen and oxygen atoms in total. The predicted molar refractivity (Wildman–Crippen MR) is 114 cm³/mol. The zero-order valence-electron chi connectivity index (χ0n) is 15.2. The van der Waals surface area contributed by atoms with Gasteiger partial charge in [0.05, 0.1) is 26.7 Å². The SMILES string of the molecule is Cc1ccc(-n2nnnc2SC(C)C(=O)Nc2c(Cl)cc(Cl)cc2Cl)cc1C. The summed E-state index contributed by atoms with van der Waals surface area (Å²) < 4.78 is 1.60. The molecule has 1 aromatic heterocycles. The van der Waals surface area contributed by atoms with Gasteiger partial charge in [-0.05, 0) is 66.6 Å². The van der Waals surface area contributed by atoms with Crippen LogP contribution in [0.15, 0.2) is 35.5 Å². The fraction of sp³-hybridized carbons (Fsp3) is 0.222. The lowest BCUT2D eigenvalue weighted by Crippen LogP contribution is -2.23. The van der Waals surface area contributed by atoms with E-state index in [1.165, 1.54) is 29.5 Å². The van der Waals surface area contributed by atoms with E-state index in [4.69, 9.17) is 34.8 Å². The highest BCUT2D eigenvalue weighted by Gasteiger charge is 2.21. The first-order chi connectivity index (χ1) is 13.3. The van der Waals surface area contributed by atoms with Crippen LogP contribution in [0.2, 0.25) is 15.1 Å². The van der Waals surface area contributed by atoms with Gasteiger partial charge >= 0.3 is 0 Å². The molecule has 0 saturated carbocycles. The Labute approximate surface area is 181 Å². The Morgan fingerprint density at radius 1 is 1.11 bits per heavy atom. The van der Waals surface area contributed by atoms with E-state index < -0.39 is 5.25 Å². The van der Waals surface area contributed by atoms with Crippen LogP contribution < -0.4 is 5.32 Å². The normalized spacial score (nSPS) is 12.1. The van der Waals surface area contributed by atoms with Crippen molar-refractivity contribution in [2.45, 2.75) is 31.2 Å². The van der Waals surface area contributed by atoms with Crippen molar-refractivity contribution < 1.29 is 4.79 Å². The molecular formula is C18H16Cl3N5OS. The summed E-state index contributed by atoms with van der Waals surface area (Å²) in [4.78, 5) is 12.6. The average Bonchev–Trinajstić information content (AvgIpc) is 3.08. The van der Waals surface area contributed by atoms with Crippen molar-refractivity contribution in [1.82, 2.24) is 20.2 Å². The van der Waals surface area contributed by atoms with E-state index in [2.05, 4.69) is 20.8 Å². The molecule has 3 rings (SSSR count). The van der Waals surface area contributed by atoms with Gasteiger partial charge in [0, 0.05) is 5.02 Å². The molecule has 0 fully saturated rings. The van der Waals surface area contributed by atoms with E-state index in [9.17, 15) is 4.79 Å². The molecule has 0 spiro atoms. The maximum absolute atomic E-state index is 12.6. The van der Waals surface area contributed by atoms with Gasteiger partial charge in [0.2, 0.25) is 11.1 Å². The number of rotatable bonds is 5. The Kier molecular flexibility index (Phi) is 6.50. The molecule has 1 unspecified atom stereocenters. The van der Waals surface area contributed by atoms with E-state index in [0.717, 1.165) is 11.3 Å². The summed E-state index contributed by atoms with van der Waals surface area (Å²) in [6, 6.07) is 8.96. The molecule has 28 heavy (non-hydrogen) atoms. The number of benzene rings is 2. The molecular weight excluding hydrogens is 441 g/mol. The lowest BCUT2D eigenvalue weighted by Gasteiger charge is -2.14. The highest BCUT2D eigenvalue weighted by atomic mass is 35.5. The maximum atomic E-state index is 12.6. The second-order valence-electron chi connectivity index (χ2n) is 6.14. The van der Waals surface area contributed by atoms with Crippen LogP contribution in [-0.2, 0) is 4.79 Å².